The molecule has 0 amide bonds. The molecule has 4 atom stereocenters. The fourth-order valence-corrected chi connectivity index (χ4v) is 3.88. The van der Waals surface area contributed by atoms with Gasteiger partial charge in [0.25, 0.3) is 0 Å². The first-order chi connectivity index (χ1) is 13.3. The van der Waals surface area contributed by atoms with Crippen LogP contribution in [0.3, 0.4) is 0 Å². The summed E-state index contributed by atoms with van der Waals surface area (Å²) in [5.74, 6) is -1.17. The van der Waals surface area contributed by atoms with Crippen LogP contribution in [-0.2, 0) is 14.3 Å². The number of ether oxygens (including phenoxy) is 1. The molecule has 0 radical (unpaired) electrons. The van der Waals surface area contributed by atoms with Gasteiger partial charge in [-0.05, 0) is 44.8 Å². The van der Waals surface area contributed by atoms with E-state index in [1.165, 1.54) is 0 Å². The van der Waals surface area contributed by atoms with Gasteiger partial charge < -0.3 is 9.84 Å². The maximum atomic E-state index is 12.5. The van der Waals surface area contributed by atoms with Crippen molar-refractivity contribution in [3.05, 3.63) is 33.8 Å². The van der Waals surface area contributed by atoms with Gasteiger partial charge in [-0.2, -0.15) is 0 Å². The van der Waals surface area contributed by atoms with Gasteiger partial charge in [-0.1, -0.05) is 26.0 Å². The Balaban J connectivity index is 2.17. The van der Waals surface area contributed by atoms with Crippen LogP contribution in [0.1, 0.15) is 63.6 Å². The first-order valence-electron chi connectivity index (χ1n) is 9.94. The molecule has 0 aliphatic carbocycles. The second-order valence-corrected chi connectivity index (χ2v) is 8.72. The van der Waals surface area contributed by atoms with Gasteiger partial charge in [-0.15, -0.1) is 11.3 Å². The van der Waals surface area contributed by atoms with Crippen LogP contribution in [0.5, 0.6) is 0 Å². The molecule has 0 aromatic carbocycles. The summed E-state index contributed by atoms with van der Waals surface area (Å²) in [5, 5.41) is 13.3. The molecule has 0 saturated heterocycles. The first-order valence-corrected chi connectivity index (χ1v) is 10.8. The Labute approximate surface area is 171 Å². The number of carbonyl (C=O) groups is 2. The van der Waals surface area contributed by atoms with Gasteiger partial charge in [0.15, 0.2) is 0 Å². The van der Waals surface area contributed by atoms with Crippen molar-refractivity contribution in [2.75, 3.05) is 0 Å². The molecule has 1 aliphatic heterocycles. The summed E-state index contributed by atoms with van der Waals surface area (Å²) in [6.45, 7) is 7.46. The summed E-state index contributed by atoms with van der Waals surface area (Å²) in [7, 11) is 0. The number of hydrogen-bond acceptors (Lipinski definition) is 6. The molecule has 1 aromatic heterocycles. The van der Waals surface area contributed by atoms with Crippen LogP contribution in [0.25, 0.3) is 6.08 Å². The highest BCUT2D eigenvalue weighted by Gasteiger charge is 2.29. The molecule has 0 bridgehead atoms. The molecule has 0 fully saturated rings. The number of esters is 1. The SMILES string of the molecule is CC(=Cc1csc(C)n1)[C@@H]1CC=CCCC[C@H](C)C(=O)[C@H](C)[C@@H](O)CC(=O)O1. The summed E-state index contributed by atoms with van der Waals surface area (Å²) < 4.78 is 5.66. The fraction of sp³-hybridized carbons (Fsp3) is 0.591. The maximum Gasteiger partial charge on any atom is 0.309 e. The summed E-state index contributed by atoms with van der Waals surface area (Å²) in [6, 6.07) is 0. The number of carbonyl (C=O) groups excluding carboxylic acids is 2. The highest BCUT2D eigenvalue weighted by Crippen LogP contribution is 2.22. The van der Waals surface area contributed by atoms with Gasteiger partial charge in [0.2, 0.25) is 0 Å². The highest BCUT2D eigenvalue weighted by atomic mass is 32.1. The lowest BCUT2D eigenvalue weighted by Crippen LogP contribution is -2.33. The van der Waals surface area contributed by atoms with E-state index in [2.05, 4.69) is 11.1 Å². The zero-order valence-electron chi connectivity index (χ0n) is 17.2. The first kappa shape index (κ1) is 22.5. The summed E-state index contributed by atoms with van der Waals surface area (Å²) in [4.78, 5) is 29.3. The van der Waals surface area contributed by atoms with Crippen molar-refractivity contribution in [3.8, 4) is 0 Å². The van der Waals surface area contributed by atoms with Crippen molar-refractivity contribution in [1.29, 1.82) is 0 Å². The van der Waals surface area contributed by atoms with Crippen molar-refractivity contribution >= 4 is 29.2 Å². The number of aryl methyl sites for hydroxylation is 1. The number of ketones is 1. The molecule has 6 heteroatoms. The van der Waals surface area contributed by atoms with E-state index in [1.54, 1.807) is 18.3 Å². The van der Waals surface area contributed by atoms with Gasteiger partial charge >= 0.3 is 5.97 Å². The third-order valence-electron chi connectivity index (χ3n) is 5.21. The van der Waals surface area contributed by atoms with E-state index in [0.29, 0.717) is 6.42 Å². The second-order valence-electron chi connectivity index (χ2n) is 7.66. The Morgan fingerprint density at radius 2 is 2.07 bits per heavy atom. The quantitative estimate of drug-likeness (QED) is 0.579. The van der Waals surface area contributed by atoms with Crippen LogP contribution in [0, 0.1) is 18.8 Å². The minimum atomic E-state index is -1.02. The smallest absolute Gasteiger partial charge is 0.309 e. The maximum absolute atomic E-state index is 12.5. The van der Waals surface area contributed by atoms with E-state index in [9.17, 15) is 14.7 Å². The molecule has 5 nitrogen and oxygen atoms in total. The number of aromatic nitrogens is 1. The highest BCUT2D eigenvalue weighted by molar-refractivity contribution is 7.09. The standard InChI is InChI=1S/C22H31NO4S/c1-14-9-7-5-6-8-10-20(15(2)11-18-13-28-17(4)23-18)27-21(25)12-19(24)16(3)22(14)26/h6,8,11,13-14,16,19-20,24H,5,7,9-10,12H2,1-4H3/t14-,16+,19-,20-/m0/s1. The largest absolute Gasteiger partial charge is 0.457 e. The van der Waals surface area contributed by atoms with E-state index in [-0.39, 0.29) is 18.1 Å². The number of hydrogen-bond donors (Lipinski definition) is 1. The lowest BCUT2D eigenvalue weighted by molar-refractivity contribution is -0.150. The van der Waals surface area contributed by atoms with E-state index >= 15 is 0 Å². The minimum Gasteiger partial charge on any atom is -0.457 e. The molecule has 2 rings (SSSR count). The number of aliphatic hydroxyl groups excluding tert-OH is 1. The van der Waals surface area contributed by atoms with Gasteiger partial charge in [0.1, 0.15) is 11.9 Å². The number of rotatable bonds is 2. The summed E-state index contributed by atoms with van der Waals surface area (Å²) in [5.41, 5.74) is 1.76. The van der Waals surface area contributed by atoms with Crippen molar-refractivity contribution in [2.45, 2.75) is 72.0 Å². The molecule has 0 unspecified atom stereocenters. The minimum absolute atomic E-state index is 0.00728. The molecule has 1 N–H and O–H groups in total. The lowest BCUT2D eigenvalue weighted by atomic mass is 9.87. The Morgan fingerprint density at radius 1 is 1.32 bits per heavy atom. The second kappa shape index (κ2) is 10.7. The van der Waals surface area contributed by atoms with Crippen LogP contribution >= 0.6 is 11.3 Å². The van der Waals surface area contributed by atoms with Crippen molar-refractivity contribution in [1.82, 2.24) is 4.98 Å². The Hall–Kier alpha value is -1.79. The monoisotopic (exact) mass is 405 g/mol. The molecule has 154 valence electrons. The Morgan fingerprint density at radius 3 is 2.75 bits per heavy atom. The van der Waals surface area contributed by atoms with E-state index < -0.39 is 24.1 Å². The average molecular weight is 406 g/mol. The number of cyclic esters (lactones) is 1. The number of nitrogens with zero attached hydrogens (tertiary/aromatic N) is 1. The van der Waals surface area contributed by atoms with Crippen molar-refractivity contribution in [3.63, 3.8) is 0 Å². The molecular weight excluding hydrogens is 374 g/mol. The third kappa shape index (κ3) is 6.67. The predicted octanol–water partition coefficient (Wildman–Crippen LogP) is 4.49. The molecule has 0 saturated carbocycles. The average Bonchev–Trinajstić information content (AvgIpc) is 3.05. The van der Waals surface area contributed by atoms with Crippen LogP contribution in [0.2, 0.25) is 0 Å². The zero-order chi connectivity index (χ0) is 20.7. The molecular formula is C22H31NO4S. The molecule has 1 aliphatic rings. The lowest BCUT2D eigenvalue weighted by Gasteiger charge is -2.23. The van der Waals surface area contributed by atoms with E-state index in [1.807, 2.05) is 38.3 Å². The van der Waals surface area contributed by atoms with Crippen LogP contribution in [-0.4, -0.2) is 34.1 Å². The van der Waals surface area contributed by atoms with Crippen molar-refractivity contribution < 1.29 is 19.4 Å². The fourth-order valence-electron chi connectivity index (χ4n) is 3.31. The van der Waals surface area contributed by atoms with Gasteiger partial charge in [0.05, 0.1) is 23.2 Å². The van der Waals surface area contributed by atoms with Crippen molar-refractivity contribution in [2.24, 2.45) is 11.8 Å². The van der Waals surface area contributed by atoms with Crippen LogP contribution in [0.15, 0.2) is 23.1 Å². The van der Waals surface area contributed by atoms with Crippen LogP contribution < -0.4 is 0 Å². The molecule has 1 aromatic rings. The number of Topliss-reactive ketones (excluding diaryl/α,β-unsaturated/α-hetero) is 1. The number of thiazole rings is 1. The number of aliphatic hydroxyl groups is 1. The van der Waals surface area contributed by atoms with E-state index in [4.69, 9.17) is 4.74 Å². The van der Waals surface area contributed by atoms with E-state index in [0.717, 1.165) is 35.5 Å². The molecule has 28 heavy (non-hydrogen) atoms. The molecule has 0 spiro atoms. The third-order valence-corrected chi connectivity index (χ3v) is 6.00. The summed E-state index contributed by atoms with van der Waals surface area (Å²) in [6.07, 6.45) is 7.60. The predicted molar refractivity (Wildman–Crippen MR) is 112 cm³/mol. The molecule has 2 heterocycles. The van der Waals surface area contributed by atoms with Gasteiger partial charge in [-0.25, -0.2) is 4.98 Å². The van der Waals surface area contributed by atoms with Gasteiger partial charge in [0, 0.05) is 23.6 Å². The number of allylic oxidation sites excluding steroid dienone is 1. The topological polar surface area (TPSA) is 76.5 Å². The summed E-state index contributed by atoms with van der Waals surface area (Å²) >= 11 is 1.57. The van der Waals surface area contributed by atoms with Crippen LogP contribution in [0.4, 0.5) is 0 Å². The zero-order valence-corrected chi connectivity index (χ0v) is 18.0. The normalized spacial score (nSPS) is 28.7. The van der Waals surface area contributed by atoms with Gasteiger partial charge in [-0.3, -0.25) is 9.59 Å². The Bertz CT molecular complexity index is 737. The Kier molecular flexibility index (Phi) is 8.58.